The molecular weight excluding hydrogens is 354 g/mol. The Labute approximate surface area is 154 Å². The van der Waals surface area contributed by atoms with Crippen LogP contribution in [-0.2, 0) is 0 Å². The number of carbonyl (C=O) groups excluding carboxylic acids is 2. The van der Waals surface area contributed by atoms with Crippen molar-refractivity contribution in [2.75, 3.05) is 5.32 Å². The second-order valence-electron chi connectivity index (χ2n) is 5.87. The van der Waals surface area contributed by atoms with Gasteiger partial charge in [0, 0.05) is 22.9 Å². The maximum atomic E-state index is 13.8. The van der Waals surface area contributed by atoms with Gasteiger partial charge in [0.25, 0.3) is 11.8 Å². The topological polar surface area (TPSA) is 71.3 Å². The molecule has 138 valence electrons. The molecule has 0 saturated heterocycles. The summed E-state index contributed by atoms with van der Waals surface area (Å²) in [5.74, 6) is -2.18. The Morgan fingerprint density at radius 1 is 1.00 bits per heavy atom. The highest BCUT2D eigenvalue weighted by Gasteiger charge is 2.16. The van der Waals surface area contributed by atoms with Crippen LogP contribution in [0.4, 0.5) is 14.5 Å². The summed E-state index contributed by atoms with van der Waals surface area (Å²) in [5.41, 5.74) is 0.860. The summed E-state index contributed by atoms with van der Waals surface area (Å²) in [6.45, 7) is 1.59. The predicted octanol–water partition coefficient (Wildman–Crippen LogP) is 4.30. The van der Waals surface area contributed by atoms with Gasteiger partial charge in [-0.1, -0.05) is 12.1 Å². The minimum absolute atomic E-state index is 0.144. The molecule has 0 aliphatic rings. The van der Waals surface area contributed by atoms with Gasteiger partial charge in [-0.05, 0) is 43.3 Å². The normalized spacial score (nSPS) is 11.7. The molecule has 0 aliphatic heterocycles. The van der Waals surface area contributed by atoms with Crippen LogP contribution in [0.5, 0.6) is 0 Å². The zero-order valence-electron chi connectivity index (χ0n) is 14.3. The highest BCUT2D eigenvalue weighted by molar-refractivity contribution is 6.03. The van der Waals surface area contributed by atoms with Crippen molar-refractivity contribution in [1.29, 1.82) is 0 Å². The van der Waals surface area contributed by atoms with Gasteiger partial charge in [-0.25, -0.2) is 8.78 Å². The van der Waals surface area contributed by atoms with Crippen molar-refractivity contribution in [3.05, 3.63) is 89.4 Å². The molecule has 3 aromatic rings. The fraction of sp³-hybridized carbons (Fsp3) is 0.100. The van der Waals surface area contributed by atoms with Crippen LogP contribution in [0.2, 0.25) is 0 Å². The lowest BCUT2D eigenvalue weighted by molar-refractivity contribution is 0.0937. The van der Waals surface area contributed by atoms with Crippen LogP contribution >= 0.6 is 0 Å². The van der Waals surface area contributed by atoms with E-state index in [4.69, 9.17) is 4.42 Å². The Kier molecular flexibility index (Phi) is 5.30. The van der Waals surface area contributed by atoms with Crippen molar-refractivity contribution in [1.82, 2.24) is 5.32 Å². The van der Waals surface area contributed by atoms with Gasteiger partial charge in [-0.15, -0.1) is 0 Å². The summed E-state index contributed by atoms with van der Waals surface area (Å²) in [4.78, 5) is 24.4. The lowest BCUT2D eigenvalue weighted by atomic mass is 10.1. The van der Waals surface area contributed by atoms with Crippen LogP contribution in [0.15, 0.2) is 65.3 Å². The number of anilines is 1. The van der Waals surface area contributed by atoms with Crippen LogP contribution in [-0.4, -0.2) is 11.8 Å². The Balaban J connectivity index is 1.70. The van der Waals surface area contributed by atoms with E-state index < -0.39 is 29.5 Å². The van der Waals surface area contributed by atoms with Crippen LogP contribution in [0.25, 0.3) is 0 Å². The molecule has 2 N–H and O–H groups in total. The van der Waals surface area contributed by atoms with Gasteiger partial charge < -0.3 is 15.1 Å². The summed E-state index contributed by atoms with van der Waals surface area (Å²) in [6.07, 6.45) is 1.38. The second-order valence-corrected chi connectivity index (χ2v) is 5.87. The predicted molar refractivity (Wildman–Crippen MR) is 95.3 cm³/mol. The van der Waals surface area contributed by atoms with Gasteiger partial charge in [-0.3, -0.25) is 9.59 Å². The number of benzene rings is 2. The van der Waals surface area contributed by atoms with Crippen molar-refractivity contribution in [2.24, 2.45) is 0 Å². The number of amides is 2. The van der Waals surface area contributed by atoms with Crippen LogP contribution in [0.1, 0.15) is 39.4 Å². The molecule has 1 heterocycles. The fourth-order valence-corrected chi connectivity index (χ4v) is 2.55. The highest BCUT2D eigenvalue weighted by atomic mass is 19.1. The van der Waals surface area contributed by atoms with Crippen molar-refractivity contribution in [3.8, 4) is 0 Å². The zero-order chi connectivity index (χ0) is 19.4. The van der Waals surface area contributed by atoms with E-state index in [1.165, 1.54) is 24.5 Å². The number of rotatable bonds is 5. The van der Waals surface area contributed by atoms with Crippen molar-refractivity contribution in [2.45, 2.75) is 13.0 Å². The molecule has 1 atom stereocenters. The Bertz CT molecular complexity index is 971. The summed E-state index contributed by atoms with van der Waals surface area (Å²) < 4.78 is 31.9. The van der Waals surface area contributed by atoms with E-state index in [2.05, 4.69) is 10.6 Å². The average molecular weight is 370 g/mol. The lowest BCUT2D eigenvalue weighted by Crippen LogP contribution is -2.27. The maximum absolute atomic E-state index is 13.8. The first-order valence-electron chi connectivity index (χ1n) is 8.15. The zero-order valence-corrected chi connectivity index (χ0v) is 14.3. The van der Waals surface area contributed by atoms with Crippen molar-refractivity contribution >= 4 is 17.5 Å². The largest absolute Gasteiger partial charge is 0.459 e. The summed E-state index contributed by atoms with van der Waals surface area (Å²) >= 11 is 0. The number of carbonyl (C=O) groups is 2. The Hall–Kier alpha value is -3.48. The molecule has 1 aromatic heterocycles. The van der Waals surface area contributed by atoms with Crippen LogP contribution in [0.3, 0.4) is 0 Å². The van der Waals surface area contributed by atoms with E-state index in [9.17, 15) is 18.4 Å². The van der Waals surface area contributed by atoms with Crippen molar-refractivity contribution in [3.63, 3.8) is 0 Å². The molecule has 1 unspecified atom stereocenters. The smallest absolute Gasteiger partial charge is 0.291 e. The maximum Gasteiger partial charge on any atom is 0.291 e. The minimum atomic E-state index is -0.734. The molecule has 0 radical (unpaired) electrons. The van der Waals surface area contributed by atoms with Gasteiger partial charge >= 0.3 is 0 Å². The first-order valence-corrected chi connectivity index (χ1v) is 8.15. The molecule has 0 spiro atoms. The Morgan fingerprint density at radius 2 is 1.81 bits per heavy atom. The first kappa shape index (κ1) is 18.3. The highest BCUT2D eigenvalue weighted by Crippen LogP contribution is 2.19. The summed E-state index contributed by atoms with van der Waals surface area (Å²) in [6, 6.07) is 11.9. The molecule has 7 heteroatoms. The minimum Gasteiger partial charge on any atom is -0.459 e. The van der Waals surface area contributed by atoms with E-state index in [0.29, 0.717) is 5.69 Å². The lowest BCUT2D eigenvalue weighted by Gasteiger charge is -2.15. The number of halogens is 2. The van der Waals surface area contributed by atoms with E-state index >= 15 is 0 Å². The van der Waals surface area contributed by atoms with Crippen LogP contribution in [0, 0.1) is 11.6 Å². The van der Waals surface area contributed by atoms with Gasteiger partial charge in [-0.2, -0.15) is 0 Å². The molecule has 2 aromatic carbocycles. The third-order valence-electron chi connectivity index (χ3n) is 3.90. The SMILES string of the molecule is CC(NC(=O)c1cccc(NC(=O)c2ccco2)c1)c1ccc(F)cc1F. The molecule has 0 saturated carbocycles. The molecule has 27 heavy (non-hydrogen) atoms. The second kappa shape index (κ2) is 7.82. The fourth-order valence-electron chi connectivity index (χ4n) is 2.55. The molecular formula is C20H16F2N2O3. The third-order valence-corrected chi connectivity index (χ3v) is 3.90. The van der Waals surface area contributed by atoms with E-state index in [1.807, 2.05) is 0 Å². The first-order chi connectivity index (χ1) is 12.9. The molecule has 0 bridgehead atoms. The molecule has 5 nitrogen and oxygen atoms in total. The van der Waals surface area contributed by atoms with Gasteiger partial charge in [0.1, 0.15) is 11.6 Å². The molecule has 0 aliphatic carbocycles. The molecule has 0 fully saturated rings. The summed E-state index contributed by atoms with van der Waals surface area (Å²) in [7, 11) is 0. The molecule has 3 rings (SSSR count). The average Bonchev–Trinajstić information content (AvgIpc) is 3.16. The number of hydrogen-bond donors (Lipinski definition) is 2. The standard InChI is InChI=1S/C20H16F2N2O3/c1-12(16-8-7-14(21)11-17(16)22)23-19(25)13-4-2-5-15(10-13)24-20(26)18-6-3-9-27-18/h2-12H,1H3,(H,23,25)(H,24,26). The Morgan fingerprint density at radius 3 is 2.52 bits per heavy atom. The third kappa shape index (κ3) is 4.38. The molecule has 2 amide bonds. The van der Waals surface area contributed by atoms with Crippen molar-refractivity contribution < 1.29 is 22.8 Å². The van der Waals surface area contributed by atoms with Gasteiger partial charge in [0.15, 0.2) is 5.76 Å². The van der Waals surface area contributed by atoms with Crippen LogP contribution < -0.4 is 10.6 Å². The van der Waals surface area contributed by atoms with E-state index in [0.717, 1.165) is 12.1 Å². The van der Waals surface area contributed by atoms with Gasteiger partial charge in [0.2, 0.25) is 0 Å². The quantitative estimate of drug-likeness (QED) is 0.703. The van der Waals surface area contributed by atoms with Gasteiger partial charge in [0.05, 0.1) is 12.3 Å². The van der Waals surface area contributed by atoms with E-state index in [-0.39, 0.29) is 16.9 Å². The number of nitrogens with one attached hydrogen (secondary N) is 2. The summed E-state index contributed by atoms with van der Waals surface area (Å²) in [5, 5.41) is 5.27. The van der Waals surface area contributed by atoms with E-state index in [1.54, 1.807) is 31.2 Å². The monoisotopic (exact) mass is 370 g/mol. The number of furan rings is 1. The number of hydrogen-bond acceptors (Lipinski definition) is 3.